The molecular weight excluding hydrogens is 1470 g/mol. The number of hydrogen-bond acceptors (Lipinski definition) is 11. The maximum Gasteiger partial charge on any atom is 0.586 e. The van der Waals surface area contributed by atoms with Crippen LogP contribution in [0.1, 0.15) is 280 Å². The molecule has 7 aliphatic rings. The van der Waals surface area contributed by atoms with Gasteiger partial charge in [0, 0.05) is 31.5 Å². The number of rotatable bonds is 0. The van der Waals surface area contributed by atoms with E-state index in [4.69, 9.17) is 14.2 Å². The molecule has 1 atom stereocenters. The molecule has 1 aliphatic carbocycles. The van der Waals surface area contributed by atoms with Crippen molar-refractivity contribution in [1.29, 1.82) is 0 Å². The topological polar surface area (TPSA) is 126 Å². The zero-order valence-corrected chi connectivity index (χ0v) is 73.3. The van der Waals surface area contributed by atoms with Gasteiger partial charge in [0.1, 0.15) is 23.7 Å². The lowest BCUT2D eigenvalue weighted by molar-refractivity contribution is -0.332. The second-order valence-electron chi connectivity index (χ2n) is 39.4. The number of ether oxygens (including phenoxy) is 7. The fourth-order valence-electron chi connectivity index (χ4n) is 13.4. The number of hydrogen-bond donors (Lipinski definition) is 2. The summed E-state index contributed by atoms with van der Waals surface area (Å²) in [5.41, 5.74) is 18.3. The average molecular weight is 1600 g/mol. The summed E-state index contributed by atoms with van der Waals surface area (Å²) in [5, 5.41) is 6.26. The van der Waals surface area contributed by atoms with Crippen LogP contribution >= 0.6 is 11.8 Å². The summed E-state index contributed by atoms with van der Waals surface area (Å²) in [6.45, 7) is 60.1. The summed E-state index contributed by atoms with van der Waals surface area (Å²) in [4.78, 5) is 26.4. The van der Waals surface area contributed by atoms with Crippen molar-refractivity contribution < 1.29 is 64.7 Å². The highest BCUT2D eigenvalue weighted by molar-refractivity contribution is 8.00. The van der Waals surface area contributed by atoms with Gasteiger partial charge in [0.05, 0.1) is 23.7 Å². The molecule has 0 saturated carbocycles. The smallest absolute Gasteiger partial charge is 0.493 e. The minimum atomic E-state index is -4.00. The van der Waals surface area contributed by atoms with Gasteiger partial charge in [0.15, 0.2) is 23.0 Å². The molecule has 0 radical (unpaired) electrons. The number of aryl methyl sites for hydroxylation is 2. The molecule has 1 unspecified atom stereocenters. The Kier molecular flexibility index (Phi) is 28.9. The molecule has 0 aromatic heterocycles. The first-order valence-corrected chi connectivity index (χ1v) is 40.9. The standard InChI is InChI=1S/C18H27NO2.C15H22O.C14H20.C13H15F3O2.C12H15NOS.C12H17NO.C11H12F2O2.CH4/c1-17(2,3)15-9-7-8-13-12-19(11-10-14(13)15)16(20)21-18(4,5)6;1-14(2,3)11-6-7-12-13(10-11)16-9-8-15(12,4)5;1-14(2,3)13-9-8-11-6-4-5-7-12(11)10-13;1-11(2,3)8-5-6-9-10(7-8)18-13(15,16)12(4,14)17-9;1-12(2,3)8-4-5-10-9(6-8)13-11(14)7-15-10;1-12(2,3)9-4-5-11-10(8-9)13-6-7-14-11;1-10(2,3)7-4-5-8-9(6-7)15-11(12,13)14-8;/h7-9H,10-12H2,1-6H3;6-7,10H,8-9H2,1-5H3;8-10H,4-7H2,1-3H3;5-7H,1-4H3;4-6H,7H2,1-3H3,(H,13,14);4-5,8,13H,6-7H2,1-3H3;4-6H,1-3H3;1H4. The van der Waals surface area contributed by atoms with Crippen molar-refractivity contribution in [2.75, 3.05) is 42.7 Å². The molecule has 0 fully saturated rings. The van der Waals surface area contributed by atoms with Gasteiger partial charge in [0.2, 0.25) is 5.91 Å². The second kappa shape index (κ2) is 35.4. The van der Waals surface area contributed by atoms with Crippen LogP contribution in [0.25, 0.3) is 0 Å². The van der Waals surface area contributed by atoms with Crippen molar-refractivity contribution in [2.24, 2.45) is 0 Å². The average Bonchev–Trinajstić information content (AvgIpc) is 0.932. The lowest BCUT2D eigenvalue weighted by atomic mass is 9.77. The summed E-state index contributed by atoms with van der Waals surface area (Å²) < 4.78 is 100. The van der Waals surface area contributed by atoms with Crippen molar-refractivity contribution in [3.8, 4) is 34.5 Å². The highest BCUT2D eigenvalue weighted by Gasteiger charge is 2.60. The Hall–Kier alpha value is -8.12. The van der Waals surface area contributed by atoms with Gasteiger partial charge in [-0.2, -0.15) is 13.2 Å². The van der Waals surface area contributed by atoms with E-state index < -0.39 is 23.9 Å². The summed E-state index contributed by atoms with van der Waals surface area (Å²) in [6.07, 6.45) is -0.400. The number of carbonyl (C=O) groups is 2. The molecular formula is C96H132F5N3O9S. The number of anilines is 2. The van der Waals surface area contributed by atoms with Crippen molar-refractivity contribution in [2.45, 2.75) is 312 Å². The number of nitrogens with zero attached hydrogens (tertiary/aromatic N) is 1. The lowest BCUT2D eigenvalue weighted by Crippen LogP contribution is -2.53. The number of alkyl halides is 5. The van der Waals surface area contributed by atoms with Crippen molar-refractivity contribution in [3.63, 3.8) is 0 Å². The Morgan fingerprint density at radius 3 is 1.49 bits per heavy atom. The van der Waals surface area contributed by atoms with E-state index in [0.29, 0.717) is 24.6 Å². The SMILES string of the molecule is C.CC(C)(C)OC(=O)N1CCc2c(cccc2C(C)(C)C)C1.CC(C)(C)c1ccc2c(c1)CCCC2.CC(C)(C)c1ccc2c(c1)NC(=O)CS2.CC(C)(C)c1ccc2c(c1)NCCO2.CC(C)(C)c1ccc2c(c1)OC(F)(F)C(C)(F)O2.CC(C)(C)c1ccc2c(c1)OC(F)(F)O2.CC(C)(C)c1ccc2c(c1)OCCC2(C)C. The van der Waals surface area contributed by atoms with E-state index in [2.05, 4.69) is 238 Å². The van der Waals surface area contributed by atoms with E-state index in [1.54, 1.807) is 46.0 Å². The first-order chi connectivity index (χ1) is 51.8. The molecule has 626 valence electrons. The number of fused-ring (bicyclic) bond motifs is 7. The molecule has 18 heteroatoms. The number of amides is 2. The molecule has 6 aliphatic heterocycles. The molecule has 0 saturated heterocycles. The van der Waals surface area contributed by atoms with Crippen LogP contribution in [0.2, 0.25) is 0 Å². The van der Waals surface area contributed by atoms with Gasteiger partial charge >= 0.3 is 24.4 Å². The third kappa shape index (κ3) is 25.2. The Morgan fingerprint density at radius 1 is 0.474 bits per heavy atom. The summed E-state index contributed by atoms with van der Waals surface area (Å²) >= 11 is 1.60. The lowest BCUT2D eigenvalue weighted by Gasteiger charge is -2.36. The van der Waals surface area contributed by atoms with Crippen LogP contribution in [0, 0.1) is 0 Å². The molecule has 7 aromatic rings. The van der Waals surface area contributed by atoms with Gasteiger partial charge in [-0.1, -0.05) is 239 Å². The van der Waals surface area contributed by atoms with E-state index >= 15 is 0 Å². The zero-order valence-electron chi connectivity index (χ0n) is 72.5. The first kappa shape index (κ1) is 93.0. The fraction of sp³-hybridized carbons (Fsp3) is 0.542. The maximum absolute atomic E-state index is 13.6. The van der Waals surface area contributed by atoms with E-state index in [9.17, 15) is 31.5 Å². The minimum absolute atomic E-state index is 0. The predicted molar refractivity (Wildman–Crippen MR) is 458 cm³/mol. The molecule has 0 bridgehead atoms. The van der Waals surface area contributed by atoms with E-state index in [1.807, 2.05) is 62.3 Å². The van der Waals surface area contributed by atoms with Crippen LogP contribution in [-0.2, 0) is 78.7 Å². The Bertz CT molecular complexity index is 4400. The normalized spacial score (nSPS) is 18.0. The van der Waals surface area contributed by atoms with Gasteiger partial charge in [-0.05, 0) is 224 Å². The Labute approximate surface area is 683 Å². The quantitative estimate of drug-likeness (QED) is 0.141. The number of carbonyl (C=O) groups excluding carboxylic acids is 2. The maximum atomic E-state index is 13.6. The van der Waals surface area contributed by atoms with Gasteiger partial charge in [-0.15, -0.1) is 20.5 Å². The van der Waals surface area contributed by atoms with E-state index in [-0.39, 0.29) is 80.3 Å². The monoisotopic (exact) mass is 1600 g/mol. The second-order valence-corrected chi connectivity index (χ2v) is 40.4. The minimum Gasteiger partial charge on any atom is -0.493 e. The van der Waals surface area contributed by atoms with Crippen molar-refractivity contribution in [1.82, 2.24) is 4.90 Å². The Balaban J connectivity index is 0.000000185. The van der Waals surface area contributed by atoms with Crippen molar-refractivity contribution in [3.05, 3.63) is 194 Å². The molecule has 114 heavy (non-hydrogen) atoms. The van der Waals surface area contributed by atoms with Gasteiger partial charge < -0.3 is 48.7 Å². The van der Waals surface area contributed by atoms with E-state index in [1.165, 1.54) is 93.3 Å². The van der Waals surface area contributed by atoms with Crippen LogP contribution in [0.3, 0.4) is 0 Å². The predicted octanol–water partition coefficient (Wildman–Crippen LogP) is 26.0. The third-order valence-corrected chi connectivity index (χ3v) is 21.7. The number of halogens is 5. The molecule has 6 heterocycles. The van der Waals surface area contributed by atoms with E-state index in [0.717, 1.165) is 73.1 Å². The van der Waals surface area contributed by atoms with Crippen LogP contribution in [-0.4, -0.2) is 72.8 Å². The largest absolute Gasteiger partial charge is 0.586 e. The highest BCUT2D eigenvalue weighted by atomic mass is 32.2. The number of benzene rings is 7. The third-order valence-electron chi connectivity index (χ3n) is 20.6. The van der Waals surface area contributed by atoms with Gasteiger partial charge in [0.25, 0.3) is 0 Å². The van der Waals surface area contributed by atoms with Crippen LogP contribution < -0.4 is 39.1 Å². The Morgan fingerprint density at radius 2 is 0.939 bits per heavy atom. The van der Waals surface area contributed by atoms with Crippen molar-refractivity contribution >= 4 is 35.1 Å². The van der Waals surface area contributed by atoms with Crippen LogP contribution in [0.15, 0.2) is 132 Å². The summed E-state index contributed by atoms with van der Waals surface area (Å²) in [6, 6.07) is 42.4. The van der Waals surface area contributed by atoms with Crippen LogP contribution in [0.4, 0.5) is 38.1 Å². The van der Waals surface area contributed by atoms with Gasteiger partial charge in [-0.25, -0.2) is 4.79 Å². The molecule has 0 spiro atoms. The van der Waals surface area contributed by atoms with Gasteiger partial charge in [-0.3, -0.25) is 4.79 Å². The summed E-state index contributed by atoms with van der Waals surface area (Å²) in [5.74, 6) is -0.432. The molecule has 2 amide bonds. The zero-order chi connectivity index (χ0) is 84.3. The number of nitrogens with one attached hydrogen (secondary N) is 2. The fourth-order valence-corrected chi connectivity index (χ4v) is 14.2. The molecule has 12 nitrogen and oxygen atoms in total. The summed E-state index contributed by atoms with van der Waals surface area (Å²) in [7, 11) is 0. The molecule has 7 aromatic carbocycles. The molecule has 14 rings (SSSR count). The first-order valence-electron chi connectivity index (χ1n) is 39.9. The van der Waals surface area contributed by atoms with Crippen LogP contribution in [0.5, 0.6) is 34.5 Å². The highest BCUT2D eigenvalue weighted by Crippen LogP contribution is 2.49. The number of thioether (sulfide) groups is 1. The molecule has 2 N–H and O–H groups in total.